The zero-order valence-corrected chi connectivity index (χ0v) is 15.6. The highest BCUT2D eigenvalue weighted by Crippen LogP contribution is 2.35. The van der Waals surface area contributed by atoms with Crippen molar-refractivity contribution in [2.45, 2.75) is 32.6 Å². The van der Waals surface area contributed by atoms with E-state index < -0.39 is 0 Å². The van der Waals surface area contributed by atoms with Gasteiger partial charge < -0.3 is 15.0 Å². The van der Waals surface area contributed by atoms with Crippen LogP contribution in [0.25, 0.3) is 0 Å². The molecular formula is C15H28IN3O2. The fourth-order valence-electron chi connectivity index (χ4n) is 3.44. The van der Waals surface area contributed by atoms with Gasteiger partial charge in [0.05, 0.1) is 13.0 Å². The smallest absolute Gasteiger partial charge is 0.310 e. The van der Waals surface area contributed by atoms with Gasteiger partial charge in [-0.2, -0.15) is 0 Å². The van der Waals surface area contributed by atoms with Crippen molar-refractivity contribution in [1.82, 2.24) is 10.2 Å². The van der Waals surface area contributed by atoms with Crippen LogP contribution in [0.3, 0.4) is 0 Å². The van der Waals surface area contributed by atoms with Crippen LogP contribution in [-0.2, 0) is 9.53 Å². The summed E-state index contributed by atoms with van der Waals surface area (Å²) in [6.07, 6.45) is 5.47. The number of fused-ring (bicyclic) bond motifs is 1. The molecule has 1 heterocycles. The Morgan fingerprint density at radius 3 is 2.38 bits per heavy atom. The van der Waals surface area contributed by atoms with E-state index in [0.717, 1.165) is 30.9 Å². The Morgan fingerprint density at radius 1 is 1.33 bits per heavy atom. The summed E-state index contributed by atoms with van der Waals surface area (Å²) in [5, 5.41) is 3.31. The molecule has 3 unspecified atom stereocenters. The predicted octanol–water partition coefficient (Wildman–Crippen LogP) is 2.11. The van der Waals surface area contributed by atoms with Gasteiger partial charge in [0.15, 0.2) is 5.96 Å². The highest BCUT2D eigenvalue weighted by atomic mass is 127. The number of methoxy groups -OCH3 is 1. The second kappa shape index (κ2) is 8.80. The van der Waals surface area contributed by atoms with E-state index in [2.05, 4.69) is 15.2 Å². The lowest BCUT2D eigenvalue weighted by Crippen LogP contribution is -2.43. The van der Waals surface area contributed by atoms with Crippen LogP contribution in [0.2, 0.25) is 0 Å². The Morgan fingerprint density at radius 2 is 1.90 bits per heavy atom. The summed E-state index contributed by atoms with van der Waals surface area (Å²) in [6.45, 7) is 4.66. The van der Waals surface area contributed by atoms with E-state index >= 15 is 0 Å². The van der Waals surface area contributed by atoms with Crippen molar-refractivity contribution in [1.29, 1.82) is 0 Å². The Labute approximate surface area is 144 Å². The van der Waals surface area contributed by atoms with E-state index in [4.69, 9.17) is 4.74 Å². The molecule has 3 atom stereocenters. The van der Waals surface area contributed by atoms with Gasteiger partial charge in [0.1, 0.15) is 0 Å². The summed E-state index contributed by atoms with van der Waals surface area (Å²) in [4.78, 5) is 18.1. The number of esters is 1. The first-order valence-electron chi connectivity index (χ1n) is 7.69. The van der Waals surface area contributed by atoms with Gasteiger partial charge in [-0.1, -0.05) is 19.8 Å². The molecule has 1 aliphatic carbocycles. The van der Waals surface area contributed by atoms with Crippen molar-refractivity contribution in [3.05, 3.63) is 0 Å². The second-order valence-corrected chi connectivity index (χ2v) is 6.06. The van der Waals surface area contributed by atoms with Gasteiger partial charge in [-0.25, -0.2) is 0 Å². The molecule has 0 spiro atoms. The fourth-order valence-corrected chi connectivity index (χ4v) is 3.44. The fraction of sp³-hybridized carbons (Fsp3) is 0.867. The number of rotatable bonds is 3. The number of hydrogen-bond donors (Lipinski definition) is 1. The number of aliphatic imine (C=N–C) groups is 1. The van der Waals surface area contributed by atoms with Gasteiger partial charge in [0.2, 0.25) is 0 Å². The summed E-state index contributed by atoms with van der Waals surface area (Å²) in [6, 6.07) is 0. The van der Waals surface area contributed by atoms with Gasteiger partial charge >= 0.3 is 5.97 Å². The Bertz CT molecular complexity index is 362. The zero-order valence-electron chi connectivity index (χ0n) is 13.3. The molecule has 1 aliphatic heterocycles. The minimum absolute atomic E-state index is 0. The minimum atomic E-state index is -0.178. The first-order valence-corrected chi connectivity index (χ1v) is 7.69. The molecule has 2 fully saturated rings. The molecule has 5 nitrogen and oxygen atoms in total. The first kappa shape index (κ1) is 18.5. The summed E-state index contributed by atoms with van der Waals surface area (Å²) < 4.78 is 4.75. The summed E-state index contributed by atoms with van der Waals surface area (Å²) in [5.41, 5.74) is 0. The third-order valence-corrected chi connectivity index (χ3v) is 4.66. The van der Waals surface area contributed by atoms with Crippen molar-refractivity contribution in [3.8, 4) is 0 Å². The molecule has 1 N–H and O–H groups in total. The lowest BCUT2D eigenvalue weighted by molar-refractivity contribution is -0.144. The van der Waals surface area contributed by atoms with Gasteiger partial charge in [-0.05, 0) is 24.7 Å². The monoisotopic (exact) mass is 409 g/mol. The normalized spacial score (nSPS) is 26.6. The standard InChI is InChI=1S/C15H27N3O2.HI/c1-11(14(19)20-3)8-17-15(16-2)18-9-12-6-4-5-7-13(12)10-18;/h11-13H,4-10H2,1-3H3,(H,16,17);1H. The van der Waals surface area contributed by atoms with Crippen LogP contribution in [0, 0.1) is 17.8 Å². The van der Waals surface area contributed by atoms with E-state index in [-0.39, 0.29) is 35.9 Å². The second-order valence-electron chi connectivity index (χ2n) is 6.06. The van der Waals surface area contributed by atoms with Crippen molar-refractivity contribution >= 4 is 35.9 Å². The highest BCUT2D eigenvalue weighted by Gasteiger charge is 2.35. The number of nitrogens with one attached hydrogen (secondary N) is 1. The van der Waals surface area contributed by atoms with Crippen molar-refractivity contribution < 1.29 is 9.53 Å². The summed E-state index contributed by atoms with van der Waals surface area (Å²) >= 11 is 0. The van der Waals surface area contributed by atoms with Crippen LogP contribution in [0.1, 0.15) is 32.6 Å². The SMILES string of the molecule is CN=C(NCC(C)C(=O)OC)N1CC2CCCCC2C1.I. The number of likely N-dealkylation sites (tertiary alicyclic amines) is 1. The number of hydrogen-bond acceptors (Lipinski definition) is 3. The number of carbonyl (C=O) groups excluding carboxylic acids is 1. The number of ether oxygens (including phenoxy) is 1. The van der Waals surface area contributed by atoms with Gasteiger partial charge in [-0.3, -0.25) is 9.79 Å². The molecule has 122 valence electrons. The Hall–Kier alpha value is -0.530. The molecule has 0 amide bonds. The summed E-state index contributed by atoms with van der Waals surface area (Å²) in [5.74, 6) is 2.26. The number of nitrogens with zero attached hydrogens (tertiary/aromatic N) is 2. The van der Waals surface area contributed by atoms with Crippen LogP contribution in [-0.4, -0.2) is 50.6 Å². The molecule has 2 aliphatic rings. The lowest BCUT2D eigenvalue weighted by atomic mass is 9.82. The maximum Gasteiger partial charge on any atom is 0.310 e. The molecule has 6 heteroatoms. The van der Waals surface area contributed by atoms with Crippen LogP contribution < -0.4 is 5.32 Å². The van der Waals surface area contributed by atoms with Gasteiger partial charge in [-0.15, -0.1) is 24.0 Å². The topological polar surface area (TPSA) is 53.9 Å². The molecule has 0 aromatic rings. The quantitative estimate of drug-likeness (QED) is 0.336. The molecular weight excluding hydrogens is 381 g/mol. The molecule has 0 bridgehead atoms. The maximum atomic E-state index is 11.4. The average molecular weight is 409 g/mol. The number of carbonyl (C=O) groups is 1. The van der Waals surface area contributed by atoms with Gasteiger partial charge in [0.25, 0.3) is 0 Å². The Balaban J connectivity index is 0.00000220. The van der Waals surface area contributed by atoms with Gasteiger partial charge in [0, 0.05) is 26.7 Å². The average Bonchev–Trinajstić information content (AvgIpc) is 2.90. The van der Waals surface area contributed by atoms with Crippen LogP contribution in [0.4, 0.5) is 0 Å². The third-order valence-electron chi connectivity index (χ3n) is 4.66. The van der Waals surface area contributed by atoms with Crippen LogP contribution >= 0.6 is 24.0 Å². The van der Waals surface area contributed by atoms with E-state index in [1.54, 1.807) is 0 Å². The molecule has 0 radical (unpaired) electrons. The Kier molecular flexibility index (Phi) is 7.76. The molecule has 0 aromatic heterocycles. The predicted molar refractivity (Wildman–Crippen MR) is 95.0 cm³/mol. The van der Waals surface area contributed by atoms with E-state index in [1.165, 1.54) is 32.8 Å². The van der Waals surface area contributed by atoms with Crippen molar-refractivity contribution in [2.75, 3.05) is 33.8 Å². The first-order chi connectivity index (χ1) is 9.65. The van der Waals surface area contributed by atoms with E-state index in [0.29, 0.717) is 6.54 Å². The van der Waals surface area contributed by atoms with Crippen LogP contribution in [0.15, 0.2) is 4.99 Å². The van der Waals surface area contributed by atoms with Crippen molar-refractivity contribution in [2.24, 2.45) is 22.7 Å². The highest BCUT2D eigenvalue weighted by molar-refractivity contribution is 14.0. The van der Waals surface area contributed by atoms with E-state index in [9.17, 15) is 4.79 Å². The molecule has 21 heavy (non-hydrogen) atoms. The molecule has 2 rings (SSSR count). The molecule has 1 saturated carbocycles. The molecule has 1 saturated heterocycles. The number of halogens is 1. The van der Waals surface area contributed by atoms with Crippen molar-refractivity contribution in [3.63, 3.8) is 0 Å². The summed E-state index contributed by atoms with van der Waals surface area (Å²) in [7, 11) is 3.24. The third kappa shape index (κ3) is 4.72. The number of guanidine groups is 1. The minimum Gasteiger partial charge on any atom is -0.469 e. The maximum absolute atomic E-state index is 11.4. The molecule has 0 aromatic carbocycles. The largest absolute Gasteiger partial charge is 0.469 e. The van der Waals surface area contributed by atoms with Crippen LogP contribution in [0.5, 0.6) is 0 Å². The lowest BCUT2D eigenvalue weighted by Gasteiger charge is -2.22. The zero-order chi connectivity index (χ0) is 14.5. The van der Waals surface area contributed by atoms with E-state index in [1.807, 2.05) is 14.0 Å².